The Morgan fingerprint density at radius 3 is 2.05 bits per heavy atom. The Morgan fingerprint density at radius 1 is 0.950 bits per heavy atom. The number of carbonyl (C=O) groups excluding carboxylic acids is 1. The van der Waals surface area contributed by atoms with Crippen molar-refractivity contribution in [3.8, 4) is 5.75 Å². The lowest BCUT2D eigenvalue weighted by Crippen LogP contribution is -2.11. The summed E-state index contributed by atoms with van der Waals surface area (Å²) in [6, 6.07) is 13.2. The van der Waals surface area contributed by atoms with Gasteiger partial charge >= 0.3 is 5.97 Å². The van der Waals surface area contributed by atoms with Crippen LogP contribution in [0.25, 0.3) is 0 Å². The second kappa shape index (κ2) is 6.02. The van der Waals surface area contributed by atoms with Crippen LogP contribution in [-0.2, 0) is 0 Å². The summed E-state index contributed by atoms with van der Waals surface area (Å²) in [6.07, 6.45) is 0. The van der Waals surface area contributed by atoms with Crippen molar-refractivity contribution in [1.82, 2.24) is 0 Å². The number of aromatic carboxylic acids is 1. The van der Waals surface area contributed by atoms with Crippen molar-refractivity contribution in [2.75, 3.05) is 6.61 Å². The predicted molar refractivity (Wildman–Crippen MR) is 74.4 cm³/mol. The Balaban J connectivity index is 1.96. The zero-order valence-electron chi connectivity index (χ0n) is 11.0. The number of carboxylic acids is 1. The molecule has 102 valence electrons. The zero-order chi connectivity index (χ0) is 14.5. The van der Waals surface area contributed by atoms with Crippen LogP contribution in [0.5, 0.6) is 5.75 Å². The zero-order valence-corrected chi connectivity index (χ0v) is 11.0. The first kappa shape index (κ1) is 13.8. The number of hydrogen-bond donors (Lipinski definition) is 1. The minimum Gasteiger partial charge on any atom is -0.485 e. The number of carbonyl (C=O) groups is 2. The predicted octanol–water partition coefficient (Wildman–Crippen LogP) is 2.95. The molecule has 0 fully saturated rings. The quantitative estimate of drug-likeness (QED) is 0.848. The van der Waals surface area contributed by atoms with Crippen molar-refractivity contribution >= 4 is 11.8 Å². The summed E-state index contributed by atoms with van der Waals surface area (Å²) in [5.74, 6) is -0.643. The van der Waals surface area contributed by atoms with Crippen molar-refractivity contribution in [1.29, 1.82) is 0 Å². The van der Waals surface area contributed by atoms with Crippen LogP contribution < -0.4 is 4.74 Å². The van der Waals surface area contributed by atoms with E-state index >= 15 is 0 Å². The molecular formula is C16H14O4. The van der Waals surface area contributed by atoms with E-state index in [1.54, 1.807) is 12.1 Å². The number of carboxylic acid groups (broad SMARTS) is 1. The maximum Gasteiger partial charge on any atom is 0.335 e. The summed E-state index contributed by atoms with van der Waals surface area (Å²) in [5, 5.41) is 8.77. The summed E-state index contributed by atoms with van der Waals surface area (Å²) in [6.45, 7) is 1.88. The van der Waals surface area contributed by atoms with Crippen LogP contribution in [0, 0.1) is 6.92 Å². The molecule has 0 radical (unpaired) electrons. The van der Waals surface area contributed by atoms with Gasteiger partial charge in [-0.2, -0.15) is 0 Å². The Labute approximate surface area is 116 Å². The minimum atomic E-state index is -0.993. The number of benzene rings is 2. The van der Waals surface area contributed by atoms with Gasteiger partial charge in [0.2, 0.25) is 0 Å². The summed E-state index contributed by atoms with van der Waals surface area (Å²) in [4.78, 5) is 22.6. The van der Waals surface area contributed by atoms with Crippen molar-refractivity contribution in [3.05, 3.63) is 65.2 Å². The largest absolute Gasteiger partial charge is 0.485 e. The number of hydrogen-bond acceptors (Lipinski definition) is 3. The van der Waals surface area contributed by atoms with Crippen LogP contribution in [0.4, 0.5) is 0 Å². The fourth-order valence-electron chi connectivity index (χ4n) is 1.67. The third-order valence-electron chi connectivity index (χ3n) is 2.84. The molecule has 0 aromatic heterocycles. The fourth-order valence-corrected chi connectivity index (χ4v) is 1.67. The molecule has 0 aliphatic carbocycles. The van der Waals surface area contributed by atoms with Crippen LogP contribution in [0.3, 0.4) is 0 Å². The second-order valence-corrected chi connectivity index (χ2v) is 4.41. The van der Waals surface area contributed by atoms with Gasteiger partial charge in [-0.05, 0) is 31.2 Å². The van der Waals surface area contributed by atoms with Crippen molar-refractivity contribution in [2.24, 2.45) is 0 Å². The lowest BCUT2D eigenvalue weighted by Gasteiger charge is -2.06. The average Bonchev–Trinajstić information content (AvgIpc) is 2.46. The van der Waals surface area contributed by atoms with Gasteiger partial charge in [0.1, 0.15) is 5.75 Å². The van der Waals surface area contributed by atoms with E-state index < -0.39 is 5.97 Å². The molecule has 0 aliphatic heterocycles. The van der Waals surface area contributed by atoms with Gasteiger partial charge in [-0.1, -0.05) is 29.8 Å². The molecule has 4 nitrogen and oxygen atoms in total. The van der Waals surface area contributed by atoms with Gasteiger partial charge in [0, 0.05) is 5.56 Å². The van der Waals surface area contributed by atoms with E-state index in [0.717, 1.165) is 5.56 Å². The third kappa shape index (κ3) is 3.45. The average molecular weight is 270 g/mol. The number of ketones is 1. The highest BCUT2D eigenvalue weighted by Gasteiger charge is 2.07. The topological polar surface area (TPSA) is 63.6 Å². The maximum atomic E-state index is 11.9. The molecule has 1 N–H and O–H groups in total. The molecule has 2 aromatic rings. The highest BCUT2D eigenvalue weighted by Crippen LogP contribution is 2.13. The number of Topliss-reactive ketones (excluding diaryl/α,β-unsaturated/α-hetero) is 1. The van der Waals surface area contributed by atoms with Crippen molar-refractivity contribution in [3.63, 3.8) is 0 Å². The summed E-state index contributed by atoms with van der Waals surface area (Å²) < 4.78 is 5.34. The standard InChI is InChI=1S/C16H14O4/c1-11-2-4-12(5-3-11)15(17)10-20-14-8-6-13(7-9-14)16(18)19/h2-9H,10H2,1H3,(H,18,19). The van der Waals surface area contributed by atoms with Crippen LogP contribution >= 0.6 is 0 Å². The minimum absolute atomic E-state index is 0.0739. The number of ether oxygens (including phenoxy) is 1. The Hall–Kier alpha value is -2.62. The van der Waals surface area contributed by atoms with Crippen molar-refractivity contribution in [2.45, 2.75) is 6.92 Å². The molecule has 2 rings (SSSR count). The van der Waals surface area contributed by atoms with Gasteiger partial charge < -0.3 is 9.84 Å². The molecule has 0 saturated heterocycles. The van der Waals surface area contributed by atoms with Crippen LogP contribution in [0.1, 0.15) is 26.3 Å². The van der Waals surface area contributed by atoms with Crippen LogP contribution in [-0.4, -0.2) is 23.5 Å². The molecule has 4 heteroatoms. The lowest BCUT2D eigenvalue weighted by molar-refractivity contribution is 0.0696. The molecule has 0 saturated carbocycles. The highest BCUT2D eigenvalue weighted by molar-refractivity contribution is 5.97. The molecule has 2 aromatic carbocycles. The normalized spacial score (nSPS) is 10.1. The van der Waals surface area contributed by atoms with E-state index in [4.69, 9.17) is 9.84 Å². The van der Waals surface area contributed by atoms with Gasteiger partial charge in [-0.3, -0.25) is 4.79 Å². The molecule has 0 bridgehead atoms. The second-order valence-electron chi connectivity index (χ2n) is 4.41. The Morgan fingerprint density at radius 2 is 1.50 bits per heavy atom. The SMILES string of the molecule is Cc1ccc(C(=O)COc2ccc(C(=O)O)cc2)cc1. The molecule has 0 aliphatic rings. The molecule has 0 atom stereocenters. The van der Waals surface area contributed by atoms with Crippen LogP contribution in [0.15, 0.2) is 48.5 Å². The molecule has 0 unspecified atom stereocenters. The Kier molecular flexibility index (Phi) is 4.15. The summed E-state index contributed by atoms with van der Waals surface area (Å²) in [7, 11) is 0. The Bertz CT molecular complexity index is 612. The monoisotopic (exact) mass is 270 g/mol. The van der Waals surface area contributed by atoms with Crippen molar-refractivity contribution < 1.29 is 19.4 Å². The fraction of sp³-hybridized carbons (Fsp3) is 0.125. The molecule has 0 spiro atoms. The van der Waals surface area contributed by atoms with Gasteiger partial charge in [0.15, 0.2) is 12.4 Å². The maximum absolute atomic E-state index is 11.9. The van der Waals surface area contributed by atoms with Crippen LogP contribution in [0.2, 0.25) is 0 Å². The first-order valence-corrected chi connectivity index (χ1v) is 6.12. The first-order chi connectivity index (χ1) is 9.56. The highest BCUT2D eigenvalue weighted by atomic mass is 16.5. The first-order valence-electron chi connectivity index (χ1n) is 6.12. The number of rotatable bonds is 5. The van der Waals surface area contributed by atoms with Gasteiger partial charge in [-0.25, -0.2) is 4.79 Å². The van der Waals surface area contributed by atoms with Gasteiger partial charge in [0.05, 0.1) is 5.56 Å². The number of aryl methyl sites for hydroxylation is 1. The van der Waals surface area contributed by atoms with E-state index in [0.29, 0.717) is 11.3 Å². The summed E-state index contributed by atoms with van der Waals surface area (Å²) >= 11 is 0. The lowest BCUT2D eigenvalue weighted by atomic mass is 10.1. The smallest absolute Gasteiger partial charge is 0.335 e. The van der Waals surface area contributed by atoms with Gasteiger partial charge in [-0.15, -0.1) is 0 Å². The van der Waals surface area contributed by atoms with E-state index in [2.05, 4.69) is 0 Å². The third-order valence-corrected chi connectivity index (χ3v) is 2.84. The molecule has 20 heavy (non-hydrogen) atoms. The van der Waals surface area contributed by atoms with E-state index in [1.807, 2.05) is 19.1 Å². The summed E-state index contributed by atoms with van der Waals surface area (Å²) in [5.41, 5.74) is 1.87. The molecule has 0 heterocycles. The van der Waals surface area contributed by atoms with Gasteiger partial charge in [0.25, 0.3) is 0 Å². The molecular weight excluding hydrogens is 256 g/mol. The van der Waals surface area contributed by atoms with E-state index in [-0.39, 0.29) is 18.0 Å². The van der Waals surface area contributed by atoms with E-state index in [1.165, 1.54) is 24.3 Å². The molecule has 0 amide bonds. The van der Waals surface area contributed by atoms with E-state index in [9.17, 15) is 9.59 Å².